The van der Waals surface area contributed by atoms with Crippen LogP contribution in [-0.4, -0.2) is 0 Å². The molecule has 4 aromatic rings. The number of fused-ring (bicyclic) bond motifs is 4. The van der Waals surface area contributed by atoms with Crippen molar-refractivity contribution in [3.8, 4) is 11.1 Å². The van der Waals surface area contributed by atoms with E-state index in [9.17, 15) is 0 Å². The summed E-state index contributed by atoms with van der Waals surface area (Å²) in [5.41, 5.74) is 7.79. The van der Waals surface area contributed by atoms with Crippen molar-refractivity contribution in [1.82, 2.24) is 0 Å². The van der Waals surface area contributed by atoms with Crippen molar-refractivity contribution < 1.29 is 0 Å². The van der Waals surface area contributed by atoms with Crippen molar-refractivity contribution in [1.29, 1.82) is 0 Å². The highest BCUT2D eigenvalue weighted by molar-refractivity contribution is 5.97. The fourth-order valence-electron chi connectivity index (χ4n) is 4.25. The van der Waals surface area contributed by atoms with E-state index in [1.54, 1.807) is 0 Å². The van der Waals surface area contributed by atoms with Crippen molar-refractivity contribution in [2.45, 2.75) is 19.3 Å². The third-order valence-corrected chi connectivity index (χ3v) is 5.62. The molecule has 1 aliphatic rings. The summed E-state index contributed by atoms with van der Waals surface area (Å²) in [6, 6.07) is 30.4. The molecule has 4 aromatic carbocycles. The quantitative estimate of drug-likeness (QED) is 0.420. The Morgan fingerprint density at radius 1 is 0.654 bits per heavy atom. The fraction of sp³-hybridized carbons (Fsp3) is 0.120. The summed E-state index contributed by atoms with van der Waals surface area (Å²) in [5.74, 6) is 0. The summed E-state index contributed by atoms with van der Waals surface area (Å²) < 4.78 is 0. The zero-order valence-electron chi connectivity index (χ0n) is 15.1. The van der Waals surface area contributed by atoms with Crippen LogP contribution in [0.25, 0.3) is 21.9 Å². The molecule has 26 heavy (non-hydrogen) atoms. The van der Waals surface area contributed by atoms with Gasteiger partial charge in [0.1, 0.15) is 0 Å². The molecule has 1 heteroatoms. The van der Waals surface area contributed by atoms with Gasteiger partial charge < -0.3 is 5.32 Å². The Balaban J connectivity index is 1.76. The number of hydrogen-bond acceptors (Lipinski definition) is 1. The normalized spacial score (nSPS) is 14.1. The Labute approximate surface area is 154 Å². The zero-order valence-corrected chi connectivity index (χ0v) is 15.1. The molecule has 0 bridgehead atoms. The van der Waals surface area contributed by atoms with Crippen molar-refractivity contribution >= 4 is 22.1 Å². The zero-order chi connectivity index (χ0) is 17.7. The van der Waals surface area contributed by atoms with Crippen molar-refractivity contribution in [3.63, 3.8) is 0 Å². The van der Waals surface area contributed by atoms with Gasteiger partial charge in [-0.25, -0.2) is 0 Å². The third-order valence-electron chi connectivity index (χ3n) is 5.62. The van der Waals surface area contributed by atoms with Crippen molar-refractivity contribution in [2.24, 2.45) is 0 Å². The summed E-state index contributed by atoms with van der Waals surface area (Å²) in [5, 5.41) is 6.24. The van der Waals surface area contributed by atoms with E-state index >= 15 is 0 Å². The van der Waals surface area contributed by atoms with Gasteiger partial charge in [0.15, 0.2) is 0 Å². The average Bonchev–Trinajstić information content (AvgIpc) is 2.89. The van der Waals surface area contributed by atoms with E-state index in [0.29, 0.717) is 0 Å². The lowest BCUT2D eigenvalue weighted by molar-refractivity contribution is 0.661. The molecule has 0 aromatic heterocycles. The van der Waals surface area contributed by atoms with Gasteiger partial charge in [-0.05, 0) is 57.8 Å². The van der Waals surface area contributed by atoms with Gasteiger partial charge in [-0.3, -0.25) is 0 Å². The van der Waals surface area contributed by atoms with Crippen LogP contribution in [0.3, 0.4) is 0 Å². The number of para-hydroxylation sites is 1. The van der Waals surface area contributed by atoms with Gasteiger partial charge >= 0.3 is 0 Å². The molecule has 126 valence electrons. The Morgan fingerprint density at radius 3 is 2.12 bits per heavy atom. The maximum Gasteiger partial charge on any atom is 0.0467 e. The van der Waals surface area contributed by atoms with Crippen molar-refractivity contribution in [2.75, 3.05) is 5.32 Å². The minimum Gasteiger partial charge on any atom is -0.355 e. The molecule has 1 N–H and O–H groups in total. The lowest BCUT2D eigenvalue weighted by atomic mass is 9.82. The molecule has 0 saturated carbocycles. The lowest BCUT2D eigenvalue weighted by Crippen LogP contribution is -2.14. The highest BCUT2D eigenvalue weighted by Crippen LogP contribution is 2.52. The van der Waals surface area contributed by atoms with E-state index in [4.69, 9.17) is 0 Å². The predicted octanol–water partition coefficient (Wildman–Crippen LogP) is 6.89. The first-order valence-corrected chi connectivity index (χ1v) is 9.14. The summed E-state index contributed by atoms with van der Waals surface area (Å²) in [6.07, 6.45) is 0. The number of nitrogens with one attached hydrogen (secondary N) is 1. The Kier molecular flexibility index (Phi) is 3.20. The second-order valence-corrected chi connectivity index (χ2v) is 7.59. The summed E-state index contributed by atoms with van der Waals surface area (Å²) >= 11 is 0. The molecule has 1 nitrogen and oxygen atoms in total. The molecule has 0 saturated heterocycles. The number of hydrogen-bond donors (Lipinski definition) is 1. The molecule has 0 unspecified atom stereocenters. The molecule has 0 heterocycles. The maximum absolute atomic E-state index is 3.63. The first-order chi connectivity index (χ1) is 12.6. The third kappa shape index (κ3) is 2.17. The lowest BCUT2D eigenvalue weighted by Gasteiger charge is -2.22. The van der Waals surface area contributed by atoms with E-state index in [1.807, 2.05) is 6.07 Å². The average molecular weight is 335 g/mol. The van der Waals surface area contributed by atoms with Crippen LogP contribution in [0.5, 0.6) is 0 Å². The van der Waals surface area contributed by atoms with Crippen molar-refractivity contribution in [3.05, 3.63) is 96.1 Å². The van der Waals surface area contributed by atoms with Gasteiger partial charge in [0.2, 0.25) is 0 Å². The van der Waals surface area contributed by atoms with Gasteiger partial charge in [0.05, 0.1) is 0 Å². The van der Waals surface area contributed by atoms with Gasteiger partial charge in [-0.2, -0.15) is 0 Å². The second-order valence-electron chi connectivity index (χ2n) is 7.59. The summed E-state index contributed by atoms with van der Waals surface area (Å²) in [7, 11) is 0. The topological polar surface area (TPSA) is 12.0 Å². The Morgan fingerprint density at radius 2 is 1.35 bits per heavy atom. The van der Waals surface area contributed by atoms with Gasteiger partial charge in [0.25, 0.3) is 0 Å². The van der Waals surface area contributed by atoms with Crippen LogP contribution < -0.4 is 5.32 Å². The molecule has 0 amide bonds. The highest BCUT2D eigenvalue weighted by atomic mass is 14.9. The van der Waals surface area contributed by atoms with E-state index in [2.05, 4.69) is 98.0 Å². The van der Waals surface area contributed by atoms with Gasteiger partial charge in [0, 0.05) is 22.4 Å². The highest BCUT2D eigenvalue weighted by Gasteiger charge is 2.36. The van der Waals surface area contributed by atoms with E-state index in [1.165, 1.54) is 38.7 Å². The molecule has 5 rings (SSSR count). The minimum atomic E-state index is 0.00305. The minimum absolute atomic E-state index is 0.00305. The second kappa shape index (κ2) is 5.47. The Hall–Kier alpha value is -3.06. The smallest absolute Gasteiger partial charge is 0.0467 e. The van der Waals surface area contributed by atoms with Crippen LogP contribution in [0.15, 0.2) is 84.9 Å². The molecule has 1 aliphatic carbocycles. The molecule has 0 aliphatic heterocycles. The molecular weight excluding hydrogens is 314 g/mol. The van der Waals surface area contributed by atoms with Crippen LogP contribution >= 0.6 is 0 Å². The summed E-state index contributed by atoms with van der Waals surface area (Å²) in [6.45, 7) is 4.66. The first-order valence-electron chi connectivity index (χ1n) is 9.14. The van der Waals surface area contributed by atoms with Crippen LogP contribution in [0.2, 0.25) is 0 Å². The van der Waals surface area contributed by atoms with Crippen LogP contribution in [0, 0.1) is 0 Å². The largest absolute Gasteiger partial charge is 0.355 e. The van der Waals surface area contributed by atoms with E-state index in [0.717, 1.165) is 5.69 Å². The van der Waals surface area contributed by atoms with E-state index in [-0.39, 0.29) is 5.41 Å². The van der Waals surface area contributed by atoms with E-state index < -0.39 is 0 Å². The van der Waals surface area contributed by atoms with Crippen LogP contribution in [0.1, 0.15) is 25.0 Å². The fourth-order valence-corrected chi connectivity index (χ4v) is 4.25. The van der Waals surface area contributed by atoms with Crippen LogP contribution in [0.4, 0.5) is 11.4 Å². The molecule has 0 fully saturated rings. The molecule has 0 spiro atoms. The number of rotatable bonds is 2. The molecule has 0 atom stereocenters. The predicted molar refractivity (Wildman–Crippen MR) is 111 cm³/mol. The number of benzene rings is 4. The Bertz CT molecular complexity index is 1120. The molecule has 0 radical (unpaired) electrons. The van der Waals surface area contributed by atoms with Gasteiger partial charge in [-0.15, -0.1) is 0 Å². The standard InChI is InChI=1S/C25H21N/c1-25(2)21-13-8-14-23(26-19-11-4-3-5-12-19)24(21)20-15-17-9-6-7-10-18(17)16-22(20)25/h3-16,26H,1-2H3. The number of anilines is 2. The van der Waals surface area contributed by atoms with Crippen LogP contribution in [-0.2, 0) is 5.41 Å². The maximum atomic E-state index is 3.63. The SMILES string of the molecule is CC1(C)c2cc3ccccc3cc2-c2c(Nc3ccccc3)cccc21. The summed E-state index contributed by atoms with van der Waals surface area (Å²) in [4.78, 5) is 0. The van der Waals surface area contributed by atoms with Gasteiger partial charge in [-0.1, -0.05) is 68.4 Å². The monoisotopic (exact) mass is 335 g/mol. The first kappa shape index (κ1) is 15.2. The molecular formula is C25H21N.